The van der Waals surface area contributed by atoms with Gasteiger partial charge in [-0.2, -0.15) is 8.42 Å². The second kappa shape index (κ2) is 12.3. The molecule has 1 N–H and O–H groups in total. The van der Waals surface area contributed by atoms with Gasteiger partial charge in [0.05, 0.1) is 6.61 Å². The minimum atomic E-state index is -4.23. The molecule has 0 aliphatic rings. The van der Waals surface area contributed by atoms with Crippen molar-refractivity contribution in [2.24, 2.45) is 0 Å². The maximum Gasteiger partial charge on any atom is 0.397 e. The van der Waals surface area contributed by atoms with Crippen molar-refractivity contribution < 1.29 is 17.2 Å². The molecule has 0 saturated carbocycles. The first-order valence-corrected chi connectivity index (χ1v) is 7.04. The molecule has 0 aromatic carbocycles. The third-order valence-electron chi connectivity index (χ3n) is 2.23. The van der Waals surface area contributed by atoms with Gasteiger partial charge in [0.15, 0.2) is 0 Å². The summed E-state index contributed by atoms with van der Waals surface area (Å²) in [7, 11) is -4.23. The van der Waals surface area contributed by atoms with Gasteiger partial charge in [-0.15, -0.1) is 0 Å². The first kappa shape index (κ1) is 19.2. The molecule has 0 heterocycles. The predicted octanol–water partition coefficient (Wildman–Crippen LogP) is 2.57. The van der Waals surface area contributed by atoms with Crippen molar-refractivity contribution in [1.82, 2.24) is 0 Å². The van der Waals surface area contributed by atoms with Gasteiger partial charge in [-0.25, -0.2) is 4.18 Å². The third-order valence-corrected chi connectivity index (χ3v) is 2.69. The largest absolute Gasteiger partial charge is 0.397 e. The van der Waals surface area contributed by atoms with E-state index in [-0.39, 0.29) is 36.2 Å². The molecule has 0 aromatic rings. The van der Waals surface area contributed by atoms with Crippen LogP contribution >= 0.6 is 0 Å². The zero-order chi connectivity index (χ0) is 11.6. The van der Waals surface area contributed by atoms with E-state index in [9.17, 15) is 8.42 Å². The molecule has 0 rings (SSSR count). The van der Waals surface area contributed by atoms with Crippen LogP contribution in [0.4, 0.5) is 0 Å². The molecule has 4 nitrogen and oxygen atoms in total. The number of unbranched alkanes of at least 4 members (excludes halogenated alkanes) is 7. The van der Waals surface area contributed by atoms with Crippen LogP contribution in [0.25, 0.3) is 0 Å². The molecule has 0 fully saturated rings. The van der Waals surface area contributed by atoms with Crippen molar-refractivity contribution in [2.45, 2.75) is 58.3 Å². The summed E-state index contributed by atoms with van der Waals surface area (Å²) in [4.78, 5) is 0. The van der Waals surface area contributed by atoms with Crippen molar-refractivity contribution >= 4 is 40.0 Å². The summed E-state index contributed by atoms with van der Waals surface area (Å²) in [5.41, 5.74) is 0. The van der Waals surface area contributed by atoms with Crippen LogP contribution in [0.1, 0.15) is 58.3 Å². The topological polar surface area (TPSA) is 63.6 Å². The molecule has 0 bridgehead atoms. The third kappa shape index (κ3) is 17.3. The van der Waals surface area contributed by atoms with Gasteiger partial charge in [-0.05, 0) is 6.42 Å². The Bertz CT molecular complexity index is 229. The van der Waals surface area contributed by atoms with E-state index in [1.807, 2.05) is 0 Å². The molecule has 93 valence electrons. The second-order valence-corrected chi connectivity index (χ2v) is 4.82. The van der Waals surface area contributed by atoms with Crippen LogP contribution in [-0.4, -0.2) is 49.1 Å². The van der Waals surface area contributed by atoms with Gasteiger partial charge >= 0.3 is 10.4 Å². The molecule has 0 spiro atoms. The first-order valence-electron chi connectivity index (χ1n) is 5.68. The van der Waals surface area contributed by atoms with Crippen molar-refractivity contribution in [1.29, 1.82) is 0 Å². The zero-order valence-corrected chi connectivity index (χ0v) is 13.3. The molecule has 16 heavy (non-hydrogen) atoms. The zero-order valence-electron chi connectivity index (χ0n) is 10.4. The summed E-state index contributed by atoms with van der Waals surface area (Å²) >= 11 is 0. The summed E-state index contributed by atoms with van der Waals surface area (Å²) in [6.45, 7) is 2.28. The Labute approximate surface area is 121 Å². The van der Waals surface area contributed by atoms with Crippen molar-refractivity contribution in [2.75, 3.05) is 6.61 Å². The second-order valence-electron chi connectivity index (χ2n) is 3.72. The Hall–Kier alpha value is 0.870. The maximum atomic E-state index is 10.2. The summed E-state index contributed by atoms with van der Waals surface area (Å²) in [5.74, 6) is 0. The van der Waals surface area contributed by atoms with E-state index < -0.39 is 10.4 Å². The van der Waals surface area contributed by atoms with Crippen LogP contribution in [0.2, 0.25) is 0 Å². The van der Waals surface area contributed by atoms with Gasteiger partial charge < -0.3 is 0 Å². The van der Waals surface area contributed by atoms with Crippen LogP contribution in [0.5, 0.6) is 0 Å². The van der Waals surface area contributed by atoms with Gasteiger partial charge in [-0.1, -0.05) is 51.9 Å². The standard InChI is InChI=1S/C10H22O4S.Na/c1-2-3-4-5-6-7-8-9-10-14-15(11,12)13;/h2-10H2,1H3,(H,11,12,13);. The molecule has 1 radical (unpaired) electrons. The van der Waals surface area contributed by atoms with Crippen molar-refractivity contribution in [3.63, 3.8) is 0 Å². The van der Waals surface area contributed by atoms with E-state index >= 15 is 0 Å². The quantitative estimate of drug-likeness (QED) is 0.373. The molecule has 0 unspecified atom stereocenters. The molecule has 0 aromatic heterocycles. The maximum absolute atomic E-state index is 10.2. The predicted molar refractivity (Wildman–Crippen MR) is 65.9 cm³/mol. The monoisotopic (exact) mass is 261 g/mol. The van der Waals surface area contributed by atoms with Crippen LogP contribution < -0.4 is 0 Å². The summed E-state index contributed by atoms with van der Waals surface area (Å²) in [5, 5.41) is 0. The Balaban J connectivity index is 0. The Morgan fingerprint density at radius 3 is 1.81 bits per heavy atom. The molecule has 6 heteroatoms. The van der Waals surface area contributed by atoms with Crippen molar-refractivity contribution in [3.8, 4) is 0 Å². The fraction of sp³-hybridized carbons (Fsp3) is 1.00. The fourth-order valence-corrected chi connectivity index (χ4v) is 1.73. The first-order chi connectivity index (χ1) is 7.06. The molecular formula is C10H22NaO4S. The summed E-state index contributed by atoms with van der Waals surface area (Å²) < 4.78 is 32.8. The van der Waals surface area contributed by atoms with Gasteiger partial charge in [0.2, 0.25) is 0 Å². The van der Waals surface area contributed by atoms with E-state index in [1.165, 1.54) is 32.1 Å². The Morgan fingerprint density at radius 1 is 0.938 bits per heavy atom. The number of rotatable bonds is 10. The summed E-state index contributed by atoms with van der Waals surface area (Å²) in [6, 6.07) is 0. The van der Waals surface area contributed by atoms with E-state index in [4.69, 9.17) is 4.55 Å². The Kier molecular flexibility index (Phi) is 14.8. The molecule has 0 aliphatic carbocycles. The number of hydrogen-bond donors (Lipinski definition) is 1. The fourth-order valence-electron chi connectivity index (χ4n) is 1.40. The van der Waals surface area contributed by atoms with Gasteiger partial charge in [0, 0.05) is 29.6 Å². The molecule has 0 saturated heterocycles. The van der Waals surface area contributed by atoms with E-state index in [0.29, 0.717) is 6.42 Å². The van der Waals surface area contributed by atoms with Crippen LogP contribution in [0.3, 0.4) is 0 Å². The van der Waals surface area contributed by atoms with E-state index in [1.54, 1.807) is 0 Å². The van der Waals surface area contributed by atoms with Crippen LogP contribution in [-0.2, 0) is 14.6 Å². The van der Waals surface area contributed by atoms with Gasteiger partial charge in [0.25, 0.3) is 0 Å². The molecular weight excluding hydrogens is 239 g/mol. The SMILES string of the molecule is CCCCCCCCCCOS(=O)(=O)O.[Na]. The molecule has 0 amide bonds. The average molecular weight is 261 g/mol. The van der Waals surface area contributed by atoms with Gasteiger partial charge in [0.1, 0.15) is 0 Å². The molecule has 0 atom stereocenters. The normalized spacial score (nSPS) is 11.1. The van der Waals surface area contributed by atoms with Crippen LogP contribution in [0, 0.1) is 0 Å². The summed E-state index contributed by atoms with van der Waals surface area (Å²) in [6.07, 6.45) is 9.05. The minimum Gasteiger partial charge on any atom is -0.264 e. The Morgan fingerprint density at radius 2 is 1.38 bits per heavy atom. The smallest absolute Gasteiger partial charge is 0.264 e. The van der Waals surface area contributed by atoms with Crippen LogP contribution in [0.15, 0.2) is 0 Å². The van der Waals surface area contributed by atoms with Gasteiger partial charge in [-0.3, -0.25) is 4.55 Å². The van der Waals surface area contributed by atoms with E-state index in [2.05, 4.69) is 11.1 Å². The molecule has 0 aliphatic heterocycles. The minimum absolute atomic E-state index is 0. The average Bonchev–Trinajstić information content (AvgIpc) is 2.14. The number of hydrogen-bond acceptors (Lipinski definition) is 3. The van der Waals surface area contributed by atoms with E-state index in [0.717, 1.165) is 12.8 Å². The van der Waals surface area contributed by atoms with Crippen molar-refractivity contribution in [3.05, 3.63) is 0 Å².